The van der Waals surface area contributed by atoms with E-state index in [1.54, 1.807) is 13.0 Å². The van der Waals surface area contributed by atoms with E-state index in [1.807, 2.05) is 0 Å². The van der Waals surface area contributed by atoms with Crippen LogP contribution in [0.2, 0.25) is 0 Å². The fraction of sp³-hybridized carbons (Fsp3) is 0.750. The molecule has 0 N–H and O–H groups in total. The Labute approximate surface area is 169 Å². The van der Waals surface area contributed by atoms with Gasteiger partial charge >= 0.3 is 0 Å². The monoisotopic (exact) mass is 394 g/mol. The Hall–Kier alpha value is -1.16. The number of unbranched alkanes of at least 4 members (excludes halogenated alkanes) is 2. The van der Waals surface area contributed by atoms with Crippen molar-refractivity contribution in [3.8, 4) is 5.75 Å². The number of rotatable bonds is 8. The van der Waals surface area contributed by atoms with Crippen LogP contribution in [0.5, 0.6) is 5.75 Å². The van der Waals surface area contributed by atoms with E-state index < -0.39 is 11.6 Å². The lowest BCUT2D eigenvalue weighted by Crippen LogP contribution is -2.30. The molecule has 0 aromatic heterocycles. The van der Waals surface area contributed by atoms with Gasteiger partial charge in [0.25, 0.3) is 0 Å². The fourth-order valence-electron chi connectivity index (χ4n) is 5.08. The second-order valence-corrected chi connectivity index (χ2v) is 8.65. The topological polar surface area (TPSA) is 18.5 Å². The molecule has 2 fully saturated rings. The molecule has 0 amide bonds. The Morgan fingerprint density at radius 3 is 2.32 bits per heavy atom. The molecule has 1 aromatic carbocycles. The number of benzene rings is 1. The Morgan fingerprint density at radius 1 is 0.929 bits per heavy atom. The highest BCUT2D eigenvalue weighted by Crippen LogP contribution is 2.42. The highest BCUT2D eigenvalue weighted by molar-refractivity contribution is 5.32. The molecular weight excluding hydrogens is 358 g/mol. The van der Waals surface area contributed by atoms with Gasteiger partial charge in [0.2, 0.25) is 5.82 Å². The second kappa shape index (κ2) is 10.6. The molecule has 1 aromatic rings. The van der Waals surface area contributed by atoms with Crippen molar-refractivity contribution >= 4 is 0 Å². The van der Waals surface area contributed by atoms with Crippen LogP contribution in [0.15, 0.2) is 12.1 Å². The van der Waals surface area contributed by atoms with Gasteiger partial charge in [-0.25, -0.2) is 4.39 Å². The number of halogens is 2. The fourth-order valence-corrected chi connectivity index (χ4v) is 5.08. The Balaban J connectivity index is 1.48. The molecule has 1 saturated carbocycles. The largest absolute Gasteiger partial charge is 0.491 e. The SMILES string of the molecule is CCCCCC1CCC(C2CCC(c3ccc(OCC)c(F)c3F)OC2)CC1. The van der Waals surface area contributed by atoms with E-state index in [4.69, 9.17) is 9.47 Å². The summed E-state index contributed by atoms with van der Waals surface area (Å²) in [5.41, 5.74) is 0.332. The van der Waals surface area contributed by atoms with Crippen molar-refractivity contribution in [1.82, 2.24) is 0 Å². The maximum atomic E-state index is 14.5. The van der Waals surface area contributed by atoms with Gasteiger partial charge in [0.15, 0.2) is 11.6 Å². The van der Waals surface area contributed by atoms with Crippen LogP contribution in [0.25, 0.3) is 0 Å². The van der Waals surface area contributed by atoms with Crippen LogP contribution in [-0.4, -0.2) is 13.2 Å². The first kappa shape index (κ1) is 21.5. The minimum Gasteiger partial charge on any atom is -0.491 e. The molecule has 3 rings (SSSR count). The van der Waals surface area contributed by atoms with Crippen LogP contribution in [-0.2, 0) is 4.74 Å². The first-order valence-electron chi connectivity index (χ1n) is 11.4. The van der Waals surface area contributed by atoms with Crippen LogP contribution in [0.1, 0.15) is 89.7 Å². The zero-order chi connectivity index (χ0) is 19.9. The van der Waals surface area contributed by atoms with E-state index in [-0.39, 0.29) is 11.9 Å². The van der Waals surface area contributed by atoms with E-state index >= 15 is 0 Å². The van der Waals surface area contributed by atoms with Crippen molar-refractivity contribution in [2.75, 3.05) is 13.2 Å². The molecule has 28 heavy (non-hydrogen) atoms. The lowest BCUT2D eigenvalue weighted by atomic mass is 9.72. The summed E-state index contributed by atoms with van der Waals surface area (Å²) in [6.45, 7) is 5.01. The highest BCUT2D eigenvalue weighted by atomic mass is 19.2. The molecule has 2 unspecified atom stereocenters. The molecule has 1 aliphatic carbocycles. The lowest BCUT2D eigenvalue weighted by Gasteiger charge is -2.38. The van der Waals surface area contributed by atoms with Gasteiger partial charge in [0.1, 0.15) is 0 Å². The number of hydrogen-bond acceptors (Lipinski definition) is 2. The summed E-state index contributed by atoms with van der Waals surface area (Å²) in [5, 5.41) is 0. The van der Waals surface area contributed by atoms with Crippen molar-refractivity contribution in [3.05, 3.63) is 29.3 Å². The molecule has 1 aliphatic heterocycles. The molecule has 0 radical (unpaired) electrons. The van der Waals surface area contributed by atoms with Gasteiger partial charge in [-0.3, -0.25) is 0 Å². The van der Waals surface area contributed by atoms with E-state index in [1.165, 1.54) is 57.4 Å². The minimum absolute atomic E-state index is 0.0202. The maximum Gasteiger partial charge on any atom is 0.200 e. The normalized spacial score (nSPS) is 28.3. The van der Waals surface area contributed by atoms with Crippen LogP contribution in [0.3, 0.4) is 0 Å². The van der Waals surface area contributed by atoms with E-state index in [9.17, 15) is 8.78 Å². The Kier molecular flexibility index (Phi) is 8.13. The molecule has 158 valence electrons. The predicted octanol–water partition coefficient (Wildman–Crippen LogP) is 7.22. The zero-order valence-electron chi connectivity index (χ0n) is 17.5. The summed E-state index contributed by atoms with van der Waals surface area (Å²) in [6, 6.07) is 3.14. The average Bonchev–Trinajstić information content (AvgIpc) is 2.73. The minimum atomic E-state index is -0.897. The molecule has 2 nitrogen and oxygen atoms in total. The molecule has 0 bridgehead atoms. The van der Waals surface area contributed by atoms with Crippen molar-refractivity contribution in [2.45, 2.75) is 84.2 Å². The van der Waals surface area contributed by atoms with Gasteiger partial charge in [0.05, 0.1) is 19.3 Å². The summed E-state index contributed by atoms with van der Waals surface area (Å²) in [4.78, 5) is 0. The van der Waals surface area contributed by atoms with E-state index in [0.717, 1.165) is 24.7 Å². The Bertz CT molecular complexity index is 603. The predicted molar refractivity (Wildman–Crippen MR) is 109 cm³/mol. The first-order chi connectivity index (χ1) is 13.6. The lowest BCUT2D eigenvalue weighted by molar-refractivity contribution is -0.0421. The van der Waals surface area contributed by atoms with Crippen LogP contribution in [0.4, 0.5) is 8.78 Å². The van der Waals surface area contributed by atoms with Gasteiger partial charge in [-0.2, -0.15) is 4.39 Å². The molecular formula is C24H36F2O2. The Morgan fingerprint density at radius 2 is 1.68 bits per heavy atom. The van der Waals surface area contributed by atoms with Crippen LogP contribution in [0, 0.1) is 29.4 Å². The van der Waals surface area contributed by atoms with Crippen molar-refractivity contribution in [1.29, 1.82) is 0 Å². The third-order valence-electron chi connectivity index (χ3n) is 6.81. The smallest absolute Gasteiger partial charge is 0.200 e. The first-order valence-corrected chi connectivity index (χ1v) is 11.4. The molecule has 0 spiro atoms. The average molecular weight is 395 g/mol. The van der Waals surface area contributed by atoms with E-state index in [0.29, 0.717) is 24.7 Å². The van der Waals surface area contributed by atoms with Gasteiger partial charge in [-0.1, -0.05) is 45.4 Å². The summed E-state index contributed by atoms with van der Waals surface area (Å²) in [7, 11) is 0. The molecule has 4 heteroatoms. The van der Waals surface area contributed by atoms with Crippen molar-refractivity contribution < 1.29 is 18.3 Å². The summed E-state index contributed by atoms with van der Waals surface area (Å²) < 4.78 is 39.8. The van der Waals surface area contributed by atoms with Crippen LogP contribution < -0.4 is 4.74 Å². The van der Waals surface area contributed by atoms with Gasteiger partial charge in [-0.05, 0) is 62.5 Å². The zero-order valence-corrected chi connectivity index (χ0v) is 17.5. The van der Waals surface area contributed by atoms with E-state index in [2.05, 4.69) is 6.92 Å². The van der Waals surface area contributed by atoms with Gasteiger partial charge in [-0.15, -0.1) is 0 Å². The van der Waals surface area contributed by atoms with Crippen molar-refractivity contribution in [2.24, 2.45) is 17.8 Å². The van der Waals surface area contributed by atoms with Gasteiger partial charge < -0.3 is 9.47 Å². The number of hydrogen-bond donors (Lipinski definition) is 0. The second-order valence-electron chi connectivity index (χ2n) is 8.65. The third kappa shape index (κ3) is 5.25. The summed E-state index contributed by atoms with van der Waals surface area (Å²) >= 11 is 0. The third-order valence-corrected chi connectivity index (χ3v) is 6.81. The molecule has 2 aliphatic rings. The molecule has 2 atom stereocenters. The maximum absolute atomic E-state index is 14.5. The highest BCUT2D eigenvalue weighted by Gasteiger charge is 2.33. The number of ether oxygens (including phenoxy) is 2. The molecule has 1 heterocycles. The summed E-state index contributed by atoms with van der Waals surface area (Å²) in [5.74, 6) is 0.497. The standard InChI is InChI=1S/C24H36F2O2/c1-3-5-6-7-17-8-10-18(11-9-17)19-12-14-21(28-16-19)20-13-15-22(27-4-2)24(26)23(20)25/h13,15,17-19,21H,3-12,14,16H2,1-2H3. The molecule has 1 saturated heterocycles. The van der Waals surface area contributed by atoms with Gasteiger partial charge in [0, 0.05) is 5.56 Å². The van der Waals surface area contributed by atoms with Crippen LogP contribution >= 0.6 is 0 Å². The quantitative estimate of drug-likeness (QED) is 0.433. The summed E-state index contributed by atoms with van der Waals surface area (Å²) in [6.07, 6.45) is 12.2. The van der Waals surface area contributed by atoms with Crippen molar-refractivity contribution in [3.63, 3.8) is 0 Å².